The molecule has 5 rings (SSSR count). The number of aromatic nitrogens is 3. The number of hydrogen-bond acceptors (Lipinski definition) is 5. The summed E-state index contributed by atoms with van der Waals surface area (Å²) in [4.78, 5) is 29.3. The smallest absolute Gasteiger partial charge is 0.406 e. The predicted octanol–water partition coefficient (Wildman–Crippen LogP) is 3.02. The lowest BCUT2D eigenvalue weighted by atomic mass is 10.0. The van der Waals surface area contributed by atoms with Crippen molar-refractivity contribution in [3.8, 4) is 5.75 Å². The van der Waals surface area contributed by atoms with Crippen LogP contribution in [0.5, 0.6) is 5.75 Å². The highest BCUT2D eigenvalue weighted by Crippen LogP contribution is 2.32. The molecule has 1 N–H and O–H groups in total. The van der Waals surface area contributed by atoms with Crippen LogP contribution in [0.25, 0.3) is 11.0 Å². The number of halogens is 3. The van der Waals surface area contributed by atoms with Crippen molar-refractivity contribution in [3.05, 3.63) is 53.6 Å². The number of likely N-dealkylation sites (tertiary alicyclic amines) is 2. The maximum absolute atomic E-state index is 12.9. The van der Waals surface area contributed by atoms with Gasteiger partial charge in [0.2, 0.25) is 5.91 Å². The molecule has 2 atom stereocenters. The van der Waals surface area contributed by atoms with Crippen LogP contribution in [0.15, 0.2) is 42.5 Å². The van der Waals surface area contributed by atoms with Crippen molar-refractivity contribution in [2.45, 2.75) is 19.2 Å². The van der Waals surface area contributed by atoms with Crippen molar-refractivity contribution in [1.29, 1.82) is 0 Å². The van der Waals surface area contributed by atoms with Crippen molar-refractivity contribution < 1.29 is 27.5 Å². The number of ether oxygens (including phenoxy) is 1. The maximum Gasteiger partial charge on any atom is 0.573 e. The summed E-state index contributed by atoms with van der Waals surface area (Å²) >= 11 is 0. The third kappa shape index (κ3) is 4.68. The van der Waals surface area contributed by atoms with Crippen LogP contribution in [0, 0.1) is 11.8 Å². The lowest BCUT2D eigenvalue weighted by molar-refractivity contribution is -0.274. The average molecular weight is 473 g/mol. The summed E-state index contributed by atoms with van der Waals surface area (Å²) in [6.45, 7) is 2.41. The van der Waals surface area contributed by atoms with Crippen molar-refractivity contribution in [2.75, 3.05) is 26.2 Å². The minimum Gasteiger partial charge on any atom is -0.406 e. The number of nitrogens with one attached hydrogen (secondary N) is 1. The van der Waals surface area contributed by atoms with Crippen LogP contribution in [-0.2, 0) is 11.2 Å². The van der Waals surface area contributed by atoms with Crippen LogP contribution < -0.4 is 4.74 Å². The van der Waals surface area contributed by atoms with E-state index in [1.54, 1.807) is 18.2 Å². The number of hydrogen-bond donors (Lipinski definition) is 1. The number of nitrogens with zero attached hydrogens (tertiary/aromatic N) is 4. The number of aryl methyl sites for hydroxylation is 1. The minimum absolute atomic E-state index is 0.0133. The molecular weight excluding hydrogens is 451 g/mol. The lowest BCUT2D eigenvalue weighted by Crippen LogP contribution is -2.35. The van der Waals surface area contributed by atoms with Crippen molar-refractivity contribution in [1.82, 2.24) is 25.2 Å². The fraction of sp³-hybridized carbons (Fsp3) is 0.391. The molecule has 1 aromatic heterocycles. The Labute approximate surface area is 192 Å². The second-order valence-electron chi connectivity index (χ2n) is 8.76. The highest BCUT2D eigenvalue weighted by Gasteiger charge is 2.43. The molecule has 2 amide bonds. The molecule has 2 aliphatic heterocycles. The molecule has 2 aliphatic rings. The number of carbonyl (C=O) groups excluding carboxylic acids is 2. The Morgan fingerprint density at radius 1 is 1.00 bits per heavy atom. The van der Waals surface area contributed by atoms with Crippen molar-refractivity contribution in [3.63, 3.8) is 0 Å². The number of H-pyrrole nitrogens is 1. The summed E-state index contributed by atoms with van der Waals surface area (Å²) in [6.07, 6.45) is -4.01. The SMILES string of the molecule is O=C(CCc1ccc(OC(F)(F)F)cc1)N1C[C@@H]2CN(C(=O)c3ccc4[nH]nnc4c3)C[C@@H]2C1. The van der Waals surface area contributed by atoms with Gasteiger partial charge in [-0.15, -0.1) is 18.3 Å². The molecule has 0 unspecified atom stereocenters. The highest BCUT2D eigenvalue weighted by atomic mass is 19.4. The molecule has 178 valence electrons. The summed E-state index contributed by atoms with van der Waals surface area (Å²) in [5.74, 6) is 0.162. The third-order valence-electron chi connectivity index (χ3n) is 6.48. The third-order valence-corrected chi connectivity index (χ3v) is 6.48. The van der Waals surface area contributed by atoms with E-state index in [0.717, 1.165) is 11.1 Å². The molecule has 8 nitrogen and oxygen atoms in total. The van der Waals surface area contributed by atoms with E-state index in [9.17, 15) is 22.8 Å². The summed E-state index contributed by atoms with van der Waals surface area (Å²) in [5.41, 5.74) is 2.75. The second-order valence-corrected chi connectivity index (χ2v) is 8.76. The fourth-order valence-corrected chi connectivity index (χ4v) is 4.79. The standard InChI is InChI=1S/C23H22F3N5O3/c24-23(25,26)34-18-5-1-14(2-6-18)3-8-21(32)30-10-16-12-31(13-17(16)11-30)22(33)15-4-7-19-20(9-15)28-29-27-19/h1-2,4-7,9,16-17H,3,8,10-13H2,(H,27,28,29)/t16-,17+. The van der Waals surface area contributed by atoms with E-state index >= 15 is 0 Å². The molecule has 2 fully saturated rings. The number of amides is 2. The number of carbonyl (C=O) groups is 2. The van der Waals surface area contributed by atoms with E-state index < -0.39 is 6.36 Å². The van der Waals surface area contributed by atoms with Gasteiger partial charge in [-0.3, -0.25) is 14.7 Å². The Kier molecular flexibility index (Phi) is 5.62. The molecule has 0 saturated carbocycles. The van der Waals surface area contributed by atoms with E-state index in [4.69, 9.17) is 0 Å². The zero-order valence-corrected chi connectivity index (χ0v) is 18.1. The van der Waals surface area contributed by atoms with Crippen LogP contribution in [0.2, 0.25) is 0 Å². The van der Waals surface area contributed by atoms with Crippen LogP contribution >= 0.6 is 0 Å². The molecule has 11 heteroatoms. The molecule has 3 aromatic rings. The van der Waals surface area contributed by atoms with Gasteiger partial charge in [-0.1, -0.05) is 17.3 Å². The summed E-state index contributed by atoms with van der Waals surface area (Å²) < 4.78 is 40.7. The summed E-state index contributed by atoms with van der Waals surface area (Å²) in [6, 6.07) is 10.8. The Morgan fingerprint density at radius 2 is 1.68 bits per heavy atom. The number of aromatic amines is 1. The quantitative estimate of drug-likeness (QED) is 0.615. The molecule has 0 aliphatic carbocycles. The molecular formula is C23H22F3N5O3. The molecule has 3 heterocycles. The van der Waals surface area contributed by atoms with Gasteiger partial charge in [0.1, 0.15) is 11.3 Å². The number of rotatable bonds is 5. The fourth-order valence-electron chi connectivity index (χ4n) is 4.79. The molecule has 2 aromatic carbocycles. The summed E-state index contributed by atoms with van der Waals surface area (Å²) in [7, 11) is 0. The van der Waals surface area contributed by atoms with Crippen LogP contribution in [0.4, 0.5) is 13.2 Å². The largest absolute Gasteiger partial charge is 0.573 e. The predicted molar refractivity (Wildman–Crippen MR) is 115 cm³/mol. The van der Waals surface area contributed by atoms with Gasteiger partial charge in [0, 0.05) is 50.0 Å². The van der Waals surface area contributed by atoms with Crippen LogP contribution in [0.3, 0.4) is 0 Å². The number of benzene rings is 2. The Hall–Kier alpha value is -3.63. The lowest BCUT2D eigenvalue weighted by Gasteiger charge is -2.22. The van der Waals surface area contributed by atoms with E-state index in [1.165, 1.54) is 24.3 Å². The van der Waals surface area contributed by atoms with Crippen LogP contribution in [0.1, 0.15) is 22.3 Å². The first kappa shape index (κ1) is 22.2. The van der Waals surface area contributed by atoms with Gasteiger partial charge in [-0.25, -0.2) is 0 Å². The monoisotopic (exact) mass is 473 g/mol. The van der Waals surface area contributed by atoms with Crippen molar-refractivity contribution in [2.24, 2.45) is 11.8 Å². The molecule has 2 saturated heterocycles. The normalized spacial score (nSPS) is 20.1. The number of fused-ring (bicyclic) bond motifs is 2. The average Bonchev–Trinajstić information content (AvgIpc) is 3.51. The van der Waals surface area contributed by atoms with E-state index in [0.29, 0.717) is 43.7 Å². The van der Waals surface area contributed by atoms with Gasteiger partial charge < -0.3 is 14.5 Å². The zero-order valence-electron chi connectivity index (χ0n) is 18.1. The van der Waals surface area contributed by atoms with Gasteiger partial charge in [-0.2, -0.15) is 0 Å². The summed E-state index contributed by atoms with van der Waals surface area (Å²) in [5, 5.41) is 10.5. The Morgan fingerprint density at radius 3 is 2.35 bits per heavy atom. The highest BCUT2D eigenvalue weighted by molar-refractivity contribution is 5.97. The topological polar surface area (TPSA) is 91.4 Å². The zero-order chi connectivity index (χ0) is 23.9. The molecule has 34 heavy (non-hydrogen) atoms. The first-order valence-electron chi connectivity index (χ1n) is 11.0. The Bertz CT molecular complexity index is 1200. The number of alkyl halides is 3. The minimum atomic E-state index is -4.73. The molecule has 0 spiro atoms. The first-order valence-corrected chi connectivity index (χ1v) is 11.0. The van der Waals surface area contributed by atoms with Gasteiger partial charge in [0.05, 0.1) is 5.52 Å². The molecule has 0 bridgehead atoms. The van der Waals surface area contributed by atoms with E-state index in [1.807, 2.05) is 9.80 Å². The Balaban J connectivity index is 1.11. The van der Waals surface area contributed by atoms with Gasteiger partial charge in [0.25, 0.3) is 5.91 Å². The van der Waals surface area contributed by atoms with Crippen LogP contribution in [-0.4, -0.2) is 69.6 Å². The first-order chi connectivity index (χ1) is 16.2. The van der Waals surface area contributed by atoms with E-state index in [-0.39, 0.29) is 35.8 Å². The maximum atomic E-state index is 12.9. The van der Waals surface area contributed by atoms with Gasteiger partial charge >= 0.3 is 6.36 Å². The van der Waals surface area contributed by atoms with Gasteiger partial charge in [-0.05, 0) is 42.3 Å². The second kappa shape index (κ2) is 8.62. The van der Waals surface area contributed by atoms with E-state index in [2.05, 4.69) is 20.1 Å². The molecule has 0 radical (unpaired) electrons. The van der Waals surface area contributed by atoms with Crippen molar-refractivity contribution >= 4 is 22.8 Å². The van der Waals surface area contributed by atoms with Gasteiger partial charge in [0.15, 0.2) is 0 Å².